The largest absolute Gasteiger partial charge is 0.487 e. The van der Waals surface area contributed by atoms with Crippen molar-refractivity contribution in [3.8, 4) is 5.75 Å². The molecular weight excluding hydrogens is 348 g/mol. The molecule has 0 bridgehead atoms. The van der Waals surface area contributed by atoms with Gasteiger partial charge in [-0.05, 0) is 70.5 Å². The molecule has 148 valence electrons. The lowest BCUT2D eigenvalue weighted by Gasteiger charge is -2.38. The number of carbonyl (C=O) groups excluding carboxylic acids is 1. The van der Waals surface area contributed by atoms with Gasteiger partial charge >= 0.3 is 0 Å². The average Bonchev–Trinajstić information content (AvgIpc) is 3.15. The summed E-state index contributed by atoms with van der Waals surface area (Å²) in [5.74, 6) is 0.844. The normalized spacial score (nSPS) is 21.0. The number of ether oxygens (including phenoxy) is 1. The Balaban J connectivity index is 1.48. The fourth-order valence-electron chi connectivity index (χ4n) is 4.30. The minimum Gasteiger partial charge on any atom is -0.487 e. The maximum Gasteiger partial charge on any atom is 0.251 e. The van der Waals surface area contributed by atoms with E-state index in [9.17, 15) is 4.79 Å². The SMILES string of the molecule is Cc1ccc2c(c1)[C@H](NC(=O)c1ccc(CN3CCCC3)cc1)CC(C)(C)O2. The first kappa shape index (κ1) is 19.0. The molecule has 0 aromatic heterocycles. The molecule has 4 heteroatoms. The number of aryl methyl sites for hydroxylation is 1. The second-order valence-corrected chi connectivity index (χ2v) is 8.81. The van der Waals surface area contributed by atoms with Crippen molar-refractivity contribution in [1.82, 2.24) is 10.2 Å². The van der Waals surface area contributed by atoms with E-state index in [-0.39, 0.29) is 17.6 Å². The zero-order valence-electron chi connectivity index (χ0n) is 17.1. The molecule has 0 unspecified atom stereocenters. The molecule has 0 saturated carbocycles. The summed E-state index contributed by atoms with van der Waals surface area (Å²) < 4.78 is 6.11. The van der Waals surface area contributed by atoms with Crippen molar-refractivity contribution in [3.05, 3.63) is 64.7 Å². The summed E-state index contributed by atoms with van der Waals surface area (Å²) in [4.78, 5) is 15.4. The van der Waals surface area contributed by atoms with Gasteiger partial charge in [0.25, 0.3) is 5.91 Å². The first-order chi connectivity index (χ1) is 13.4. The minimum absolute atomic E-state index is 0.0251. The van der Waals surface area contributed by atoms with Crippen LogP contribution in [0, 0.1) is 6.92 Å². The molecule has 28 heavy (non-hydrogen) atoms. The van der Waals surface area contributed by atoms with Gasteiger partial charge < -0.3 is 10.1 Å². The van der Waals surface area contributed by atoms with Crippen LogP contribution in [0.2, 0.25) is 0 Å². The maximum absolute atomic E-state index is 12.9. The van der Waals surface area contributed by atoms with Crippen LogP contribution in [0.5, 0.6) is 5.75 Å². The van der Waals surface area contributed by atoms with Crippen molar-refractivity contribution in [1.29, 1.82) is 0 Å². The fourth-order valence-corrected chi connectivity index (χ4v) is 4.30. The van der Waals surface area contributed by atoms with Crippen molar-refractivity contribution in [2.45, 2.75) is 58.2 Å². The van der Waals surface area contributed by atoms with Crippen molar-refractivity contribution in [3.63, 3.8) is 0 Å². The zero-order valence-corrected chi connectivity index (χ0v) is 17.1. The molecule has 1 fully saturated rings. The third kappa shape index (κ3) is 4.22. The molecule has 2 heterocycles. The fraction of sp³-hybridized carbons (Fsp3) is 0.458. The van der Waals surface area contributed by atoms with Crippen LogP contribution < -0.4 is 10.1 Å². The summed E-state index contributed by atoms with van der Waals surface area (Å²) in [6.45, 7) is 9.55. The van der Waals surface area contributed by atoms with Crippen molar-refractivity contribution in [2.75, 3.05) is 13.1 Å². The average molecular weight is 379 g/mol. The van der Waals surface area contributed by atoms with Crippen LogP contribution in [0.1, 0.15) is 66.2 Å². The van der Waals surface area contributed by atoms with E-state index in [4.69, 9.17) is 4.74 Å². The zero-order chi connectivity index (χ0) is 19.7. The number of amides is 1. The number of carbonyl (C=O) groups is 1. The van der Waals surface area contributed by atoms with Crippen LogP contribution in [-0.2, 0) is 6.54 Å². The van der Waals surface area contributed by atoms with Crippen molar-refractivity contribution >= 4 is 5.91 Å². The molecule has 0 radical (unpaired) electrons. The number of likely N-dealkylation sites (tertiary alicyclic amines) is 1. The Morgan fingerprint density at radius 2 is 1.86 bits per heavy atom. The third-order valence-electron chi connectivity index (χ3n) is 5.75. The quantitative estimate of drug-likeness (QED) is 0.844. The first-order valence-corrected chi connectivity index (χ1v) is 10.3. The van der Waals surface area contributed by atoms with Gasteiger partial charge in [-0.3, -0.25) is 9.69 Å². The molecule has 4 rings (SSSR count). The van der Waals surface area contributed by atoms with Gasteiger partial charge in [0.2, 0.25) is 0 Å². The van der Waals surface area contributed by atoms with E-state index in [0.717, 1.165) is 24.3 Å². The highest BCUT2D eigenvalue weighted by Gasteiger charge is 2.34. The van der Waals surface area contributed by atoms with Crippen molar-refractivity contribution < 1.29 is 9.53 Å². The summed E-state index contributed by atoms with van der Waals surface area (Å²) in [6, 6.07) is 14.2. The van der Waals surface area contributed by atoms with Gasteiger partial charge in [0.15, 0.2) is 0 Å². The van der Waals surface area contributed by atoms with E-state index in [1.165, 1.54) is 37.1 Å². The summed E-state index contributed by atoms with van der Waals surface area (Å²) in [7, 11) is 0. The maximum atomic E-state index is 12.9. The summed E-state index contributed by atoms with van der Waals surface area (Å²) >= 11 is 0. The van der Waals surface area contributed by atoms with Gasteiger partial charge in [0, 0.05) is 24.1 Å². The number of rotatable bonds is 4. The first-order valence-electron chi connectivity index (χ1n) is 10.3. The topological polar surface area (TPSA) is 41.6 Å². The summed E-state index contributed by atoms with van der Waals surface area (Å²) in [6.07, 6.45) is 3.34. The number of nitrogens with one attached hydrogen (secondary N) is 1. The lowest BCUT2D eigenvalue weighted by atomic mass is 9.88. The lowest BCUT2D eigenvalue weighted by molar-refractivity contribution is 0.0619. The van der Waals surface area contributed by atoms with Gasteiger partial charge in [-0.1, -0.05) is 29.8 Å². The number of hydrogen-bond acceptors (Lipinski definition) is 3. The molecule has 1 amide bonds. The highest BCUT2D eigenvalue weighted by molar-refractivity contribution is 5.94. The van der Waals surface area contributed by atoms with Crippen molar-refractivity contribution in [2.24, 2.45) is 0 Å². The van der Waals surface area contributed by atoms with Gasteiger partial charge in [0.1, 0.15) is 11.4 Å². The van der Waals surface area contributed by atoms with Crippen LogP contribution in [0.15, 0.2) is 42.5 Å². The van der Waals surface area contributed by atoms with Crippen LogP contribution in [-0.4, -0.2) is 29.5 Å². The van der Waals surface area contributed by atoms with E-state index < -0.39 is 0 Å². The standard InChI is InChI=1S/C24H30N2O2/c1-17-6-11-22-20(14-17)21(15-24(2,3)28-22)25-23(27)19-9-7-18(8-10-19)16-26-12-4-5-13-26/h6-11,14,21H,4-5,12-13,15-16H2,1-3H3,(H,25,27)/t21-/m1/s1. The lowest BCUT2D eigenvalue weighted by Crippen LogP contribution is -2.41. The van der Waals surface area contributed by atoms with Crippen LogP contribution in [0.3, 0.4) is 0 Å². The van der Waals surface area contributed by atoms with E-state index in [2.05, 4.69) is 55.3 Å². The Hall–Kier alpha value is -2.33. The molecule has 2 aromatic rings. The second kappa shape index (κ2) is 7.59. The number of benzene rings is 2. The van der Waals surface area contributed by atoms with Crippen LogP contribution in [0.4, 0.5) is 0 Å². The Bertz CT molecular complexity index is 851. The van der Waals surface area contributed by atoms with E-state index >= 15 is 0 Å². The number of hydrogen-bond donors (Lipinski definition) is 1. The third-order valence-corrected chi connectivity index (χ3v) is 5.75. The highest BCUT2D eigenvalue weighted by Crippen LogP contribution is 2.40. The molecule has 0 aliphatic carbocycles. The van der Waals surface area contributed by atoms with Gasteiger partial charge in [0.05, 0.1) is 6.04 Å². The Kier molecular flexibility index (Phi) is 5.15. The predicted octanol–water partition coefficient (Wildman–Crippen LogP) is 4.62. The molecular formula is C24H30N2O2. The molecule has 2 aliphatic heterocycles. The molecule has 1 saturated heterocycles. The Morgan fingerprint density at radius 3 is 2.57 bits per heavy atom. The molecule has 0 spiro atoms. The van der Waals surface area contributed by atoms with Gasteiger partial charge in [-0.2, -0.15) is 0 Å². The Morgan fingerprint density at radius 1 is 1.14 bits per heavy atom. The molecule has 1 N–H and O–H groups in total. The Labute approximate surface area is 167 Å². The van der Waals surface area contributed by atoms with E-state index in [1.54, 1.807) is 0 Å². The van der Waals surface area contributed by atoms with E-state index in [1.807, 2.05) is 18.2 Å². The minimum atomic E-state index is -0.306. The number of nitrogens with zero attached hydrogens (tertiary/aromatic N) is 1. The smallest absolute Gasteiger partial charge is 0.251 e. The number of fused-ring (bicyclic) bond motifs is 1. The van der Waals surface area contributed by atoms with E-state index in [0.29, 0.717) is 5.56 Å². The summed E-state index contributed by atoms with van der Waals surface area (Å²) in [5, 5.41) is 3.24. The predicted molar refractivity (Wildman–Crippen MR) is 112 cm³/mol. The monoisotopic (exact) mass is 378 g/mol. The highest BCUT2D eigenvalue weighted by atomic mass is 16.5. The summed E-state index contributed by atoms with van der Waals surface area (Å²) in [5.41, 5.74) is 3.92. The van der Waals surface area contributed by atoms with Gasteiger partial charge in [-0.25, -0.2) is 0 Å². The molecule has 2 aliphatic rings. The molecule has 1 atom stereocenters. The molecule has 2 aromatic carbocycles. The second-order valence-electron chi connectivity index (χ2n) is 8.81. The van der Waals surface area contributed by atoms with Crippen LogP contribution >= 0.6 is 0 Å². The molecule has 4 nitrogen and oxygen atoms in total. The van der Waals surface area contributed by atoms with Crippen LogP contribution in [0.25, 0.3) is 0 Å². The van der Waals surface area contributed by atoms with Gasteiger partial charge in [-0.15, -0.1) is 0 Å².